The molecule has 2 aromatic carbocycles. The number of nitrogens with one attached hydrogen (secondary N) is 1. The molecule has 1 unspecified atom stereocenters. The van der Waals surface area contributed by atoms with Gasteiger partial charge in [-0.25, -0.2) is 4.79 Å². The van der Waals surface area contributed by atoms with Crippen LogP contribution in [0.2, 0.25) is 10.0 Å². The number of anilines is 1. The Labute approximate surface area is 219 Å². The summed E-state index contributed by atoms with van der Waals surface area (Å²) >= 11 is 13.7. The summed E-state index contributed by atoms with van der Waals surface area (Å²) in [7, 11) is 0. The first-order valence-corrected chi connectivity index (χ1v) is 13.0. The lowest BCUT2D eigenvalue weighted by atomic mass is 10.0. The van der Waals surface area contributed by atoms with Crippen molar-refractivity contribution >= 4 is 52.2 Å². The highest BCUT2D eigenvalue weighted by atomic mass is 35.5. The molecule has 1 aliphatic rings. The minimum atomic E-state index is -0.349. The van der Waals surface area contributed by atoms with E-state index in [1.54, 1.807) is 47.7 Å². The number of thiophene rings is 1. The maximum absolute atomic E-state index is 13.5. The minimum absolute atomic E-state index is 0.0407. The molecule has 0 bridgehead atoms. The van der Waals surface area contributed by atoms with Gasteiger partial charge < -0.3 is 19.9 Å². The molecular weight excluding hydrogens is 505 g/mol. The first-order valence-electron chi connectivity index (χ1n) is 11.4. The van der Waals surface area contributed by atoms with Crippen LogP contribution in [0, 0.1) is 0 Å². The van der Waals surface area contributed by atoms with E-state index < -0.39 is 0 Å². The van der Waals surface area contributed by atoms with Crippen LogP contribution in [0.15, 0.2) is 60.0 Å². The molecule has 1 atom stereocenters. The SMILES string of the molecule is CC(C)N(CC(=O)N1CCc2sccc2C1COc1ccc(Cl)cc1)C(=O)Nc1cccc(Cl)c1. The van der Waals surface area contributed by atoms with Gasteiger partial charge in [-0.2, -0.15) is 0 Å². The van der Waals surface area contributed by atoms with Crippen LogP contribution < -0.4 is 10.1 Å². The number of fused-ring (bicyclic) bond motifs is 1. The summed E-state index contributed by atoms with van der Waals surface area (Å²) in [6, 6.07) is 15.4. The maximum Gasteiger partial charge on any atom is 0.322 e. The molecule has 184 valence electrons. The van der Waals surface area contributed by atoms with E-state index in [2.05, 4.69) is 11.4 Å². The molecule has 1 aromatic heterocycles. The second-order valence-corrected chi connectivity index (χ2v) is 10.5. The number of hydrogen-bond acceptors (Lipinski definition) is 4. The average molecular weight is 532 g/mol. The molecule has 1 aliphatic heterocycles. The number of carbonyl (C=O) groups excluding carboxylic acids is 2. The zero-order chi connectivity index (χ0) is 24.9. The molecular formula is C26H27Cl2N3O3S. The molecule has 35 heavy (non-hydrogen) atoms. The number of amides is 3. The molecule has 0 aliphatic carbocycles. The van der Waals surface area contributed by atoms with Gasteiger partial charge in [-0.15, -0.1) is 11.3 Å². The van der Waals surface area contributed by atoms with Gasteiger partial charge in [-0.05, 0) is 79.7 Å². The van der Waals surface area contributed by atoms with Gasteiger partial charge in [0, 0.05) is 33.2 Å². The van der Waals surface area contributed by atoms with Gasteiger partial charge in [0.1, 0.15) is 18.9 Å². The fraction of sp³-hybridized carbons (Fsp3) is 0.308. The van der Waals surface area contributed by atoms with E-state index in [9.17, 15) is 9.59 Å². The summed E-state index contributed by atoms with van der Waals surface area (Å²) in [6.07, 6.45) is 0.784. The van der Waals surface area contributed by atoms with E-state index in [1.807, 2.05) is 36.3 Å². The number of benzene rings is 2. The first kappa shape index (κ1) is 25.4. The molecule has 2 heterocycles. The number of ether oxygens (including phenoxy) is 1. The first-order chi connectivity index (χ1) is 16.8. The molecule has 4 rings (SSSR count). The van der Waals surface area contributed by atoms with Crippen molar-refractivity contribution in [1.29, 1.82) is 0 Å². The lowest BCUT2D eigenvalue weighted by Crippen LogP contribution is -2.50. The summed E-state index contributed by atoms with van der Waals surface area (Å²) in [5.41, 5.74) is 1.68. The fourth-order valence-corrected chi connectivity index (χ4v) is 5.31. The van der Waals surface area contributed by atoms with Gasteiger partial charge >= 0.3 is 6.03 Å². The monoisotopic (exact) mass is 531 g/mol. The number of urea groups is 1. The molecule has 9 heteroatoms. The number of rotatable bonds is 7. The second-order valence-electron chi connectivity index (χ2n) is 8.58. The minimum Gasteiger partial charge on any atom is -0.491 e. The van der Waals surface area contributed by atoms with Crippen molar-refractivity contribution < 1.29 is 14.3 Å². The van der Waals surface area contributed by atoms with Crippen LogP contribution in [0.25, 0.3) is 0 Å². The molecule has 6 nitrogen and oxygen atoms in total. The zero-order valence-electron chi connectivity index (χ0n) is 19.5. The number of nitrogens with zero attached hydrogens (tertiary/aromatic N) is 2. The Bertz CT molecular complexity index is 1180. The Kier molecular flexibility index (Phi) is 8.21. The summed E-state index contributed by atoms with van der Waals surface area (Å²) in [4.78, 5) is 31.2. The van der Waals surface area contributed by atoms with Crippen molar-refractivity contribution in [2.45, 2.75) is 32.4 Å². The largest absolute Gasteiger partial charge is 0.491 e. The van der Waals surface area contributed by atoms with Crippen molar-refractivity contribution in [3.63, 3.8) is 0 Å². The van der Waals surface area contributed by atoms with Crippen molar-refractivity contribution in [3.05, 3.63) is 80.5 Å². The number of hydrogen-bond donors (Lipinski definition) is 1. The molecule has 0 spiro atoms. The average Bonchev–Trinajstić information content (AvgIpc) is 3.31. The van der Waals surface area contributed by atoms with Crippen molar-refractivity contribution in [2.24, 2.45) is 0 Å². The third-order valence-corrected chi connectivity index (χ3v) is 7.39. The number of carbonyl (C=O) groups is 2. The van der Waals surface area contributed by atoms with Crippen LogP contribution in [-0.4, -0.2) is 47.5 Å². The summed E-state index contributed by atoms with van der Waals surface area (Å²) in [5.74, 6) is 0.565. The predicted molar refractivity (Wildman–Crippen MR) is 142 cm³/mol. The highest BCUT2D eigenvalue weighted by Crippen LogP contribution is 2.34. The van der Waals surface area contributed by atoms with E-state index in [0.29, 0.717) is 34.6 Å². The molecule has 1 N–H and O–H groups in total. The van der Waals surface area contributed by atoms with E-state index in [4.69, 9.17) is 27.9 Å². The van der Waals surface area contributed by atoms with E-state index in [-0.39, 0.29) is 30.6 Å². The summed E-state index contributed by atoms with van der Waals surface area (Å²) in [6.45, 7) is 4.62. The zero-order valence-corrected chi connectivity index (χ0v) is 21.9. The van der Waals surface area contributed by atoms with Crippen molar-refractivity contribution in [1.82, 2.24) is 9.80 Å². The molecule has 0 radical (unpaired) electrons. The van der Waals surface area contributed by atoms with Crippen LogP contribution in [0.4, 0.5) is 10.5 Å². The Balaban J connectivity index is 1.48. The Morgan fingerprint density at radius 3 is 2.63 bits per heavy atom. The lowest BCUT2D eigenvalue weighted by molar-refractivity contribution is -0.135. The Morgan fingerprint density at radius 1 is 1.14 bits per heavy atom. The van der Waals surface area contributed by atoms with E-state index in [0.717, 1.165) is 12.0 Å². The van der Waals surface area contributed by atoms with Gasteiger partial charge in [0.15, 0.2) is 0 Å². The van der Waals surface area contributed by atoms with Gasteiger partial charge in [0.05, 0.1) is 6.04 Å². The van der Waals surface area contributed by atoms with E-state index >= 15 is 0 Å². The highest BCUT2D eigenvalue weighted by Gasteiger charge is 2.34. The third kappa shape index (κ3) is 6.28. The summed E-state index contributed by atoms with van der Waals surface area (Å²) < 4.78 is 6.04. The molecule has 0 saturated heterocycles. The van der Waals surface area contributed by atoms with Gasteiger partial charge in [0.25, 0.3) is 0 Å². The topological polar surface area (TPSA) is 61.9 Å². The molecule has 3 amide bonds. The van der Waals surface area contributed by atoms with Gasteiger partial charge in [-0.1, -0.05) is 29.3 Å². The Morgan fingerprint density at radius 2 is 1.91 bits per heavy atom. The number of halogens is 2. The highest BCUT2D eigenvalue weighted by molar-refractivity contribution is 7.10. The van der Waals surface area contributed by atoms with Gasteiger partial charge in [0.2, 0.25) is 5.91 Å². The fourth-order valence-electron chi connectivity index (χ4n) is 4.07. The standard InChI is InChI=1S/C26H27Cl2N3O3S/c1-17(2)31(26(33)29-20-5-3-4-19(28)14-20)15-25(32)30-12-10-24-22(11-13-35-24)23(30)16-34-21-8-6-18(27)7-9-21/h3-9,11,13-14,17,23H,10,12,15-16H2,1-2H3,(H,29,33). The van der Waals surface area contributed by atoms with Crippen molar-refractivity contribution in [3.8, 4) is 5.75 Å². The van der Waals surface area contributed by atoms with Crippen LogP contribution >= 0.6 is 34.5 Å². The molecule has 0 saturated carbocycles. The predicted octanol–water partition coefficient (Wildman–Crippen LogP) is 6.50. The smallest absolute Gasteiger partial charge is 0.322 e. The normalized spacial score (nSPS) is 15.0. The quantitative estimate of drug-likeness (QED) is 0.378. The maximum atomic E-state index is 13.5. The summed E-state index contributed by atoms with van der Waals surface area (Å²) in [5, 5.41) is 6.05. The molecule has 0 fully saturated rings. The van der Waals surface area contributed by atoms with E-state index in [1.165, 1.54) is 9.78 Å². The van der Waals surface area contributed by atoms with Crippen LogP contribution in [0.3, 0.4) is 0 Å². The van der Waals surface area contributed by atoms with Crippen LogP contribution in [0.5, 0.6) is 5.75 Å². The molecule has 3 aromatic rings. The second kappa shape index (κ2) is 11.3. The lowest BCUT2D eigenvalue weighted by Gasteiger charge is -2.37. The van der Waals surface area contributed by atoms with Crippen LogP contribution in [0.1, 0.15) is 30.3 Å². The third-order valence-electron chi connectivity index (χ3n) is 5.90. The van der Waals surface area contributed by atoms with Gasteiger partial charge in [-0.3, -0.25) is 4.79 Å². The Hall–Kier alpha value is -2.74. The van der Waals surface area contributed by atoms with Crippen LogP contribution in [-0.2, 0) is 11.2 Å². The van der Waals surface area contributed by atoms with Crippen molar-refractivity contribution in [2.75, 3.05) is 25.0 Å².